The fraction of sp³-hybridized carbons (Fsp3) is 0.278. The third kappa shape index (κ3) is 3.70. The predicted octanol–water partition coefficient (Wildman–Crippen LogP) is 4.60. The molecule has 1 N–H and O–H groups in total. The number of hydrogen-bond donors (Lipinski definition) is 1. The van der Waals surface area contributed by atoms with E-state index in [2.05, 4.69) is 0 Å². The highest BCUT2D eigenvalue weighted by Crippen LogP contribution is 2.42. The Hall–Kier alpha value is -2.70. The number of carbonyl (C=O) groups is 1. The number of hydrogen-bond acceptors (Lipinski definition) is 3. The van der Waals surface area contributed by atoms with Gasteiger partial charge in [-0.2, -0.15) is 13.2 Å². The minimum atomic E-state index is -4.46. The minimum Gasteiger partial charge on any atom is -0.487 e. The topological polar surface area (TPSA) is 49.8 Å². The summed E-state index contributed by atoms with van der Waals surface area (Å²) >= 11 is 0. The van der Waals surface area contributed by atoms with E-state index in [0.717, 1.165) is 23.4 Å². The number of carboxylic acid groups (broad SMARTS) is 1. The Morgan fingerprint density at radius 1 is 1.16 bits per heavy atom. The maximum Gasteiger partial charge on any atom is 0.416 e. The monoisotopic (exact) mass is 351 g/mol. The lowest BCUT2D eigenvalue weighted by Crippen LogP contribution is -2.20. The van der Waals surface area contributed by atoms with Gasteiger partial charge in [-0.05, 0) is 30.7 Å². The van der Waals surface area contributed by atoms with Crippen LogP contribution < -0.4 is 9.64 Å². The number of ether oxygens (including phenoxy) is 1. The second-order valence-electron chi connectivity index (χ2n) is 5.75. The molecule has 0 fully saturated rings. The highest BCUT2D eigenvalue weighted by atomic mass is 19.4. The number of fused-ring (bicyclic) bond motifs is 2. The first-order chi connectivity index (χ1) is 11.9. The summed E-state index contributed by atoms with van der Waals surface area (Å²) in [5.41, 5.74) is 1.09. The van der Waals surface area contributed by atoms with Crippen molar-refractivity contribution in [2.45, 2.75) is 25.6 Å². The molecule has 0 aromatic heterocycles. The van der Waals surface area contributed by atoms with Crippen LogP contribution in [0.4, 0.5) is 24.5 Å². The number of anilines is 2. The van der Waals surface area contributed by atoms with E-state index in [4.69, 9.17) is 9.84 Å². The molecule has 2 aromatic rings. The van der Waals surface area contributed by atoms with Crippen molar-refractivity contribution < 1.29 is 27.8 Å². The largest absolute Gasteiger partial charge is 0.487 e. The number of nitrogens with zero attached hydrogens (tertiary/aromatic N) is 1. The van der Waals surface area contributed by atoms with Crippen LogP contribution in [0.15, 0.2) is 42.5 Å². The Balaban J connectivity index is 2.05. The molecule has 1 aliphatic heterocycles. The Kier molecular flexibility index (Phi) is 4.57. The fourth-order valence-electron chi connectivity index (χ4n) is 2.84. The van der Waals surface area contributed by atoms with Gasteiger partial charge in [-0.1, -0.05) is 18.2 Å². The van der Waals surface area contributed by atoms with Crippen molar-refractivity contribution in [3.05, 3.63) is 53.6 Å². The van der Waals surface area contributed by atoms with E-state index < -0.39 is 17.7 Å². The van der Waals surface area contributed by atoms with E-state index in [0.29, 0.717) is 17.9 Å². The fourth-order valence-corrected chi connectivity index (χ4v) is 2.84. The summed E-state index contributed by atoms with van der Waals surface area (Å²) in [6, 6.07) is 10.6. The molecule has 0 unspecified atom stereocenters. The molecule has 0 bridgehead atoms. The molecule has 7 heteroatoms. The van der Waals surface area contributed by atoms with Gasteiger partial charge in [0.1, 0.15) is 12.4 Å². The summed E-state index contributed by atoms with van der Waals surface area (Å²) in [6.07, 6.45) is -4.22. The van der Waals surface area contributed by atoms with Crippen molar-refractivity contribution in [3.63, 3.8) is 0 Å². The lowest BCUT2D eigenvalue weighted by Gasteiger charge is -2.26. The zero-order valence-corrected chi connectivity index (χ0v) is 13.2. The molecule has 0 saturated heterocycles. The lowest BCUT2D eigenvalue weighted by atomic mass is 10.1. The standard InChI is InChI=1S/C18H16F3NO3/c19-18(20,21)13-7-8-16-15(10-13)22(9-3-6-17(23)24)14-5-2-1-4-12(14)11-25-16/h1-2,4-5,7-8,10H,3,6,9,11H2,(H,23,24). The summed E-state index contributed by atoms with van der Waals surface area (Å²) in [6.45, 7) is 0.519. The molecule has 4 nitrogen and oxygen atoms in total. The average Bonchev–Trinajstić information content (AvgIpc) is 2.71. The van der Waals surface area contributed by atoms with Gasteiger partial charge in [0.15, 0.2) is 0 Å². The average molecular weight is 351 g/mol. The number of para-hydroxylation sites is 1. The number of carboxylic acids is 1. The number of rotatable bonds is 4. The zero-order valence-electron chi connectivity index (χ0n) is 13.2. The van der Waals surface area contributed by atoms with Crippen molar-refractivity contribution in [1.82, 2.24) is 0 Å². The van der Waals surface area contributed by atoms with E-state index in [1.807, 2.05) is 12.1 Å². The predicted molar refractivity (Wildman–Crippen MR) is 86.1 cm³/mol. The third-order valence-corrected chi connectivity index (χ3v) is 4.02. The highest BCUT2D eigenvalue weighted by molar-refractivity contribution is 5.74. The molecule has 132 valence electrons. The van der Waals surface area contributed by atoms with Crippen LogP contribution in [0.2, 0.25) is 0 Å². The molecule has 25 heavy (non-hydrogen) atoms. The van der Waals surface area contributed by atoms with Gasteiger partial charge in [-0.25, -0.2) is 0 Å². The van der Waals surface area contributed by atoms with Crippen LogP contribution >= 0.6 is 0 Å². The van der Waals surface area contributed by atoms with Gasteiger partial charge in [-0.3, -0.25) is 4.79 Å². The number of benzene rings is 2. The molecule has 1 heterocycles. The molecule has 1 aliphatic rings. The second kappa shape index (κ2) is 6.66. The van der Waals surface area contributed by atoms with Gasteiger partial charge in [0.25, 0.3) is 0 Å². The minimum absolute atomic E-state index is 0.0617. The second-order valence-corrected chi connectivity index (χ2v) is 5.75. The number of halogens is 3. The van der Waals surface area contributed by atoms with Crippen molar-refractivity contribution in [2.24, 2.45) is 0 Å². The van der Waals surface area contributed by atoms with Crippen LogP contribution in [0.1, 0.15) is 24.0 Å². The lowest BCUT2D eigenvalue weighted by molar-refractivity contribution is -0.138. The first-order valence-corrected chi connectivity index (χ1v) is 7.77. The SMILES string of the molecule is O=C(O)CCCN1c2ccccc2COc2ccc(C(F)(F)F)cc21. The van der Waals surface area contributed by atoms with Crippen molar-refractivity contribution >= 4 is 17.3 Å². The van der Waals surface area contributed by atoms with E-state index in [9.17, 15) is 18.0 Å². The first-order valence-electron chi connectivity index (χ1n) is 7.77. The molecule has 0 spiro atoms. The van der Waals surface area contributed by atoms with Gasteiger partial charge in [0, 0.05) is 24.2 Å². The molecule has 2 aromatic carbocycles. The Morgan fingerprint density at radius 2 is 1.92 bits per heavy atom. The molecule has 0 atom stereocenters. The smallest absolute Gasteiger partial charge is 0.416 e. The Morgan fingerprint density at radius 3 is 2.64 bits per heavy atom. The maximum atomic E-state index is 13.1. The summed E-state index contributed by atoms with van der Waals surface area (Å²) in [4.78, 5) is 12.5. The van der Waals surface area contributed by atoms with Gasteiger partial charge >= 0.3 is 12.1 Å². The molecular formula is C18H16F3NO3. The summed E-state index contributed by atoms with van der Waals surface area (Å²) in [7, 11) is 0. The van der Waals surface area contributed by atoms with Crippen molar-refractivity contribution in [1.29, 1.82) is 0 Å². The van der Waals surface area contributed by atoms with Crippen molar-refractivity contribution in [3.8, 4) is 5.75 Å². The zero-order chi connectivity index (χ0) is 18.0. The van der Waals surface area contributed by atoms with Crippen LogP contribution in [0.25, 0.3) is 0 Å². The normalized spacial score (nSPS) is 13.5. The van der Waals surface area contributed by atoms with Gasteiger partial charge < -0.3 is 14.7 Å². The third-order valence-electron chi connectivity index (χ3n) is 4.02. The molecule has 0 aliphatic carbocycles. The Labute approximate surface area is 142 Å². The van der Waals surface area contributed by atoms with Crippen LogP contribution in [-0.4, -0.2) is 17.6 Å². The molecular weight excluding hydrogens is 335 g/mol. The van der Waals surface area contributed by atoms with E-state index >= 15 is 0 Å². The molecule has 0 amide bonds. The van der Waals surface area contributed by atoms with Gasteiger partial charge in [-0.15, -0.1) is 0 Å². The summed E-state index contributed by atoms with van der Waals surface area (Å²) < 4.78 is 45.0. The number of aliphatic carboxylic acids is 1. The van der Waals surface area contributed by atoms with Crippen LogP contribution in [0.5, 0.6) is 5.75 Å². The molecule has 0 radical (unpaired) electrons. The summed E-state index contributed by atoms with van der Waals surface area (Å²) in [5, 5.41) is 8.85. The van der Waals surface area contributed by atoms with Crippen LogP contribution in [0, 0.1) is 0 Å². The van der Waals surface area contributed by atoms with E-state index in [1.54, 1.807) is 17.0 Å². The molecule has 0 saturated carbocycles. The van der Waals surface area contributed by atoms with E-state index in [-0.39, 0.29) is 19.6 Å². The Bertz CT molecular complexity index is 789. The van der Waals surface area contributed by atoms with E-state index in [1.165, 1.54) is 6.07 Å². The number of alkyl halides is 3. The maximum absolute atomic E-state index is 13.1. The van der Waals surface area contributed by atoms with Crippen molar-refractivity contribution in [2.75, 3.05) is 11.4 Å². The van der Waals surface area contributed by atoms with Gasteiger partial charge in [0.2, 0.25) is 0 Å². The first kappa shape index (κ1) is 17.1. The van der Waals surface area contributed by atoms with Crippen LogP contribution in [0.3, 0.4) is 0 Å². The summed E-state index contributed by atoms with van der Waals surface area (Å²) in [5.74, 6) is -0.594. The highest BCUT2D eigenvalue weighted by Gasteiger charge is 2.33. The quantitative estimate of drug-likeness (QED) is 0.875. The van der Waals surface area contributed by atoms with Gasteiger partial charge in [0.05, 0.1) is 11.3 Å². The van der Waals surface area contributed by atoms with Crippen LogP contribution in [-0.2, 0) is 17.6 Å². The molecule has 3 rings (SSSR count).